The van der Waals surface area contributed by atoms with Crippen LogP contribution in [0.3, 0.4) is 0 Å². The lowest BCUT2D eigenvalue weighted by Crippen LogP contribution is -2.18. The first-order chi connectivity index (χ1) is 11.3. The Balaban J connectivity index is 1.42. The Morgan fingerprint density at radius 3 is 2.96 bits per heavy atom. The van der Waals surface area contributed by atoms with E-state index in [1.54, 1.807) is 6.20 Å². The molecule has 120 valence electrons. The largest absolute Gasteiger partial charge is 0.458 e. The Kier molecular flexibility index (Phi) is 3.75. The van der Waals surface area contributed by atoms with Gasteiger partial charge in [-0.2, -0.15) is 5.10 Å². The van der Waals surface area contributed by atoms with E-state index in [2.05, 4.69) is 27.3 Å². The van der Waals surface area contributed by atoms with E-state index in [0.717, 1.165) is 54.6 Å². The van der Waals surface area contributed by atoms with Crippen LogP contribution in [-0.2, 0) is 25.9 Å². The maximum atomic E-state index is 5.87. The van der Waals surface area contributed by atoms with Crippen LogP contribution >= 0.6 is 0 Å². The highest BCUT2D eigenvalue weighted by molar-refractivity contribution is 5.51. The highest BCUT2D eigenvalue weighted by Gasteiger charge is 2.20. The van der Waals surface area contributed by atoms with E-state index in [9.17, 15) is 0 Å². The molecule has 23 heavy (non-hydrogen) atoms. The number of nitrogens with one attached hydrogen (secondary N) is 1. The van der Waals surface area contributed by atoms with E-state index in [0.29, 0.717) is 0 Å². The molecule has 0 amide bonds. The third-order valence-corrected chi connectivity index (χ3v) is 4.30. The zero-order valence-electron chi connectivity index (χ0n) is 13.2. The van der Waals surface area contributed by atoms with Crippen molar-refractivity contribution in [2.24, 2.45) is 0 Å². The molecule has 1 aliphatic rings. The van der Waals surface area contributed by atoms with E-state index in [4.69, 9.17) is 8.94 Å². The summed E-state index contributed by atoms with van der Waals surface area (Å²) in [5.41, 5.74) is 3.28. The molecule has 0 fully saturated rings. The van der Waals surface area contributed by atoms with E-state index in [1.165, 1.54) is 18.4 Å². The summed E-state index contributed by atoms with van der Waals surface area (Å²) in [5, 5.41) is 11.1. The van der Waals surface area contributed by atoms with E-state index in [-0.39, 0.29) is 0 Å². The summed E-state index contributed by atoms with van der Waals surface area (Å²) in [6.45, 7) is 1.51. The lowest BCUT2D eigenvalue weighted by molar-refractivity contribution is 0.277. The van der Waals surface area contributed by atoms with Crippen LogP contribution in [-0.4, -0.2) is 27.3 Å². The Labute approximate surface area is 134 Å². The van der Waals surface area contributed by atoms with E-state index in [1.807, 2.05) is 18.2 Å². The monoisotopic (exact) mass is 312 g/mol. The van der Waals surface area contributed by atoms with Crippen LogP contribution < -0.4 is 0 Å². The summed E-state index contributed by atoms with van der Waals surface area (Å²) in [6.07, 6.45) is 6.28. The predicted octanol–water partition coefficient (Wildman–Crippen LogP) is 3.17. The molecule has 0 unspecified atom stereocenters. The number of fused-ring (bicyclic) bond motifs is 1. The van der Waals surface area contributed by atoms with E-state index >= 15 is 0 Å². The van der Waals surface area contributed by atoms with Gasteiger partial charge in [0.1, 0.15) is 22.9 Å². The van der Waals surface area contributed by atoms with Crippen molar-refractivity contribution in [3.05, 3.63) is 47.2 Å². The number of furan rings is 1. The van der Waals surface area contributed by atoms with Crippen molar-refractivity contribution >= 4 is 0 Å². The van der Waals surface area contributed by atoms with Crippen LogP contribution in [0.25, 0.3) is 11.5 Å². The second-order valence-electron chi connectivity index (χ2n) is 6.15. The average molecular weight is 312 g/mol. The molecule has 0 aromatic carbocycles. The zero-order chi connectivity index (χ0) is 15.6. The average Bonchev–Trinajstić information content (AvgIpc) is 3.27. The Morgan fingerprint density at radius 2 is 2.09 bits per heavy atom. The minimum atomic E-state index is 0.732. The molecule has 1 N–H and O–H groups in total. The van der Waals surface area contributed by atoms with Crippen molar-refractivity contribution in [1.82, 2.24) is 20.3 Å². The highest BCUT2D eigenvalue weighted by atomic mass is 16.5. The van der Waals surface area contributed by atoms with Crippen molar-refractivity contribution in [2.45, 2.75) is 38.8 Å². The maximum absolute atomic E-state index is 5.87. The minimum absolute atomic E-state index is 0.732. The van der Waals surface area contributed by atoms with Gasteiger partial charge in [0.2, 0.25) is 0 Å². The molecular weight excluding hydrogens is 292 g/mol. The molecule has 6 heteroatoms. The SMILES string of the molecule is CN(Cc1ccc(-c2ccn[nH]2)o1)Cc1noc2c1CCCC2. The first-order valence-corrected chi connectivity index (χ1v) is 8.03. The topological polar surface area (TPSA) is 71.1 Å². The third kappa shape index (κ3) is 2.94. The zero-order valence-corrected chi connectivity index (χ0v) is 13.2. The van der Waals surface area contributed by atoms with E-state index < -0.39 is 0 Å². The normalized spacial score (nSPS) is 14.3. The van der Waals surface area contributed by atoms with Crippen molar-refractivity contribution < 1.29 is 8.94 Å². The molecular formula is C17H20N4O2. The lowest BCUT2D eigenvalue weighted by Gasteiger charge is -2.15. The molecule has 0 bridgehead atoms. The highest BCUT2D eigenvalue weighted by Crippen LogP contribution is 2.25. The molecule has 0 aliphatic heterocycles. The number of hydrogen-bond donors (Lipinski definition) is 1. The van der Waals surface area contributed by atoms with Crippen LogP contribution in [0.4, 0.5) is 0 Å². The van der Waals surface area contributed by atoms with Gasteiger partial charge in [0.15, 0.2) is 5.76 Å². The van der Waals surface area contributed by atoms with Gasteiger partial charge in [0, 0.05) is 24.7 Å². The molecule has 3 aromatic rings. The lowest BCUT2D eigenvalue weighted by atomic mass is 9.96. The fraction of sp³-hybridized carbons (Fsp3) is 0.412. The second kappa shape index (κ2) is 6.04. The summed E-state index contributed by atoms with van der Waals surface area (Å²) >= 11 is 0. The summed E-state index contributed by atoms with van der Waals surface area (Å²) < 4.78 is 11.4. The first-order valence-electron chi connectivity index (χ1n) is 8.03. The van der Waals surface area contributed by atoms with Gasteiger partial charge in [-0.3, -0.25) is 10.00 Å². The molecule has 4 rings (SSSR count). The molecule has 3 heterocycles. The van der Waals surface area contributed by atoms with Gasteiger partial charge in [0.25, 0.3) is 0 Å². The maximum Gasteiger partial charge on any atom is 0.152 e. The summed E-state index contributed by atoms with van der Waals surface area (Å²) in [6, 6.07) is 5.87. The number of nitrogens with zero attached hydrogens (tertiary/aromatic N) is 3. The van der Waals surface area contributed by atoms with Crippen molar-refractivity contribution in [3.63, 3.8) is 0 Å². The molecule has 0 radical (unpaired) electrons. The van der Waals surface area contributed by atoms with Crippen LogP contribution in [0.2, 0.25) is 0 Å². The fourth-order valence-electron chi connectivity index (χ4n) is 3.15. The molecule has 0 atom stereocenters. The Hall–Kier alpha value is -2.34. The van der Waals surface area contributed by atoms with Gasteiger partial charge in [0.05, 0.1) is 6.54 Å². The Morgan fingerprint density at radius 1 is 1.17 bits per heavy atom. The molecule has 3 aromatic heterocycles. The molecule has 0 spiro atoms. The van der Waals surface area contributed by atoms with Gasteiger partial charge >= 0.3 is 0 Å². The summed E-state index contributed by atoms with van der Waals surface area (Å²) in [7, 11) is 2.07. The minimum Gasteiger partial charge on any atom is -0.458 e. The third-order valence-electron chi connectivity index (χ3n) is 4.30. The fourth-order valence-corrected chi connectivity index (χ4v) is 3.15. The number of aromatic nitrogens is 3. The van der Waals surface area contributed by atoms with Gasteiger partial charge in [-0.25, -0.2) is 0 Å². The van der Waals surface area contributed by atoms with Crippen LogP contribution in [0.5, 0.6) is 0 Å². The van der Waals surface area contributed by atoms with Crippen molar-refractivity contribution in [2.75, 3.05) is 7.05 Å². The summed E-state index contributed by atoms with van der Waals surface area (Å²) in [4.78, 5) is 2.20. The van der Waals surface area contributed by atoms with Crippen molar-refractivity contribution in [1.29, 1.82) is 0 Å². The van der Waals surface area contributed by atoms with Crippen LogP contribution in [0.1, 0.15) is 35.6 Å². The van der Waals surface area contributed by atoms with Crippen LogP contribution in [0, 0.1) is 0 Å². The summed E-state index contributed by atoms with van der Waals surface area (Å²) in [5.74, 6) is 2.82. The second-order valence-corrected chi connectivity index (χ2v) is 6.15. The van der Waals surface area contributed by atoms with Gasteiger partial charge < -0.3 is 8.94 Å². The van der Waals surface area contributed by atoms with Crippen molar-refractivity contribution in [3.8, 4) is 11.5 Å². The van der Waals surface area contributed by atoms with Gasteiger partial charge in [-0.05, 0) is 44.5 Å². The molecule has 6 nitrogen and oxygen atoms in total. The number of aromatic amines is 1. The number of aryl methyl sites for hydroxylation is 1. The van der Waals surface area contributed by atoms with Gasteiger partial charge in [-0.15, -0.1) is 0 Å². The predicted molar refractivity (Wildman–Crippen MR) is 84.6 cm³/mol. The Bertz CT molecular complexity index is 772. The number of H-pyrrole nitrogens is 1. The number of rotatable bonds is 5. The molecule has 0 saturated heterocycles. The first kappa shape index (κ1) is 14.3. The quantitative estimate of drug-likeness (QED) is 0.783. The van der Waals surface area contributed by atoms with Crippen LogP contribution in [0.15, 0.2) is 33.3 Å². The van der Waals surface area contributed by atoms with Gasteiger partial charge in [-0.1, -0.05) is 5.16 Å². The standard InChI is InChI=1S/C17H20N4O2/c1-21(11-15-13-4-2-3-5-16(13)23-20-15)10-12-6-7-17(22-12)14-8-9-18-19-14/h6-9H,2-5,10-11H2,1H3,(H,18,19). The molecule has 1 aliphatic carbocycles. The smallest absolute Gasteiger partial charge is 0.152 e. The number of hydrogen-bond acceptors (Lipinski definition) is 5. The molecule has 0 saturated carbocycles.